The Morgan fingerprint density at radius 1 is 0.703 bits per heavy atom. The van der Waals surface area contributed by atoms with E-state index < -0.39 is 115 Å². The fraction of sp³-hybridized carbons (Fsp3) is 0.429. The number of hydrogen-bond acceptors (Lipinski definition) is 26. The molecule has 36 heteroatoms. The number of nitrogens with two attached hydrogens (primary N) is 2. The minimum absolute atomic E-state index is 0. The summed E-state index contributed by atoms with van der Waals surface area (Å²) in [4.78, 5) is 113. The molecule has 2 aliphatic rings. The van der Waals surface area contributed by atoms with E-state index in [-0.39, 0.29) is 89.4 Å². The molecule has 0 aromatic carbocycles. The van der Waals surface area contributed by atoms with Crippen LogP contribution in [-0.2, 0) is 78.1 Å². The number of carbonyl (C=O) groups is 8. The Balaban J connectivity index is 0.000000621. The van der Waals surface area contributed by atoms with Crippen LogP contribution in [0.1, 0.15) is 39.1 Å². The predicted molar refractivity (Wildman–Crippen MR) is 200 cm³/mol. The Morgan fingerprint density at radius 2 is 1.00 bits per heavy atom. The van der Waals surface area contributed by atoms with Crippen molar-refractivity contribution >= 4 is 112 Å². The average Bonchev–Trinajstić information content (AvgIpc) is 3.79. The summed E-state index contributed by atoms with van der Waals surface area (Å²) < 4.78 is 75.6. The van der Waals surface area contributed by atoms with Crippen LogP contribution in [0.25, 0.3) is 0 Å². The van der Waals surface area contributed by atoms with Crippen molar-refractivity contribution in [3.63, 3.8) is 0 Å². The Kier molecular flexibility index (Phi) is 19.8. The number of rotatable bonds is 16. The molecule has 4 heterocycles. The number of ether oxygens (including phenoxy) is 2. The number of carbonyl (C=O) groups excluding carboxylic acids is 6. The minimum atomic E-state index is -5.36. The molecule has 2 saturated heterocycles. The number of amides is 4. The van der Waals surface area contributed by atoms with Crippen molar-refractivity contribution in [1.82, 2.24) is 29.2 Å². The summed E-state index contributed by atoms with van der Waals surface area (Å²) in [5.74, 6) is -10.5. The Morgan fingerprint density at radius 3 is 1.22 bits per heavy atom. The molecule has 2 aromatic heterocycles. The molecular formula is C28H32N10Na2O20S4. The van der Waals surface area contributed by atoms with Gasteiger partial charge in [-0.15, -0.1) is 22.7 Å². The van der Waals surface area contributed by atoms with E-state index in [9.17, 15) is 64.3 Å². The molecule has 8 N–H and O–H groups in total. The van der Waals surface area contributed by atoms with Crippen LogP contribution in [0.2, 0.25) is 0 Å². The van der Waals surface area contributed by atoms with Gasteiger partial charge in [0.1, 0.15) is 23.5 Å². The SMILES string of the molecule is COC(=O)[C@@H]1[C@H](NC(=O)C(=NOC(C)(C)C(=O)O)c2csc(N)n2)C(=O)N1S(=O)(=O)[O-].COC(=O)[C@@H]1[C@H](NC(=O)C(=NOC(C)(C)C(=O)O)c2csc(N)n2)C(=O)N1S(=O)(=O)[O-].[Na+].[Na+]. The number of thiazole rings is 2. The number of nitrogens with one attached hydrogen (secondary N) is 2. The maximum atomic E-state index is 12.7. The zero-order valence-corrected chi connectivity index (χ0v) is 41.4. The molecule has 0 radical (unpaired) electrons. The first-order valence-corrected chi connectivity index (χ1v) is 20.7. The summed E-state index contributed by atoms with van der Waals surface area (Å²) >= 11 is 1.81. The largest absolute Gasteiger partial charge is 1.00 e. The summed E-state index contributed by atoms with van der Waals surface area (Å²) in [5, 5.41) is 31.9. The standard InChI is InChI=1S/2C14H17N5O10S2.2Na/c2*1-14(2,12(23)24)29-18-6(5-4-30-13(15)16-5)9(20)17-7-8(11(22)28-3)19(10(7)21)31(25,26)27;;/h2*4,7-8H,1-3H3,(H2,15,16)(H,17,20)(H,23,24)(H,25,26,27);;/q;;2*+1/p-2/t2*7-,8-;;/m00../s1. The third-order valence-electron chi connectivity index (χ3n) is 7.76. The number of methoxy groups -OCH3 is 2. The van der Waals surface area contributed by atoms with Crippen molar-refractivity contribution in [2.75, 3.05) is 25.7 Å². The average molecular weight is 1000 g/mol. The molecule has 4 atom stereocenters. The van der Waals surface area contributed by atoms with E-state index in [1.165, 1.54) is 10.8 Å². The van der Waals surface area contributed by atoms with Gasteiger partial charge in [-0.05, 0) is 27.7 Å². The summed E-state index contributed by atoms with van der Waals surface area (Å²) in [6.45, 7) is 4.57. The topological polar surface area (TPSA) is 461 Å². The molecule has 2 fully saturated rings. The van der Waals surface area contributed by atoms with Crippen LogP contribution in [-0.4, -0.2) is 163 Å². The van der Waals surface area contributed by atoms with Gasteiger partial charge in [0.25, 0.3) is 23.6 Å². The molecule has 340 valence electrons. The molecule has 0 spiro atoms. The molecule has 0 aliphatic carbocycles. The van der Waals surface area contributed by atoms with E-state index in [1.807, 2.05) is 10.6 Å². The quantitative estimate of drug-likeness (QED) is 0.0227. The van der Waals surface area contributed by atoms with Crippen molar-refractivity contribution in [2.24, 2.45) is 10.3 Å². The second-order valence-corrected chi connectivity index (χ2v) is 17.1. The molecule has 0 unspecified atom stereocenters. The number of nitrogen functional groups attached to an aromatic ring is 2. The summed E-state index contributed by atoms with van der Waals surface area (Å²) in [5.41, 5.74) is 5.75. The maximum Gasteiger partial charge on any atom is 1.00 e. The molecule has 4 amide bonds. The van der Waals surface area contributed by atoms with Gasteiger partial charge in [-0.3, -0.25) is 19.2 Å². The van der Waals surface area contributed by atoms with E-state index in [1.54, 1.807) is 0 Å². The Hall–Kier alpha value is -4.62. The fourth-order valence-electron chi connectivity index (χ4n) is 4.43. The van der Waals surface area contributed by atoms with Gasteiger partial charge in [0, 0.05) is 10.8 Å². The van der Waals surface area contributed by atoms with Crippen molar-refractivity contribution in [2.45, 2.75) is 63.1 Å². The normalized spacial score (nSPS) is 18.8. The van der Waals surface area contributed by atoms with Crippen LogP contribution in [0, 0.1) is 0 Å². The van der Waals surface area contributed by atoms with Crippen molar-refractivity contribution in [3.8, 4) is 0 Å². The van der Waals surface area contributed by atoms with Gasteiger partial charge in [-0.2, -0.15) is 0 Å². The third kappa shape index (κ3) is 13.2. The van der Waals surface area contributed by atoms with Crippen LogP contribution in [0.4, 0.5) is 10.3 Å². The van der Waals surface area contributed by atoms with Gasteiger partial charge in [0.15, 0.2) is 54.4 Å². The molecule has 64 heavy (non-hydrogen) atoms. The van der Waals surface area contributed by atoms with Crippen LogP contribution in [0.15, 0.2) is 21.1 Å². The Labute approximate surface area is 412 Å². The smallest absolute Gasteiger partial charge is 0.731 e. The molecular weight excluding hydrogens is 971 g/mol. The van der Waals surface area contributed by atoms with Crippen molar-refractivity contribution in [3.05, 3.63) is 22.1 Å². The van der Waals surface area contributed by atoms with Crippen LogP contribution in [0.5, 0.6) is 0 Å². The van der Waals surface area contributed by atoms with Crippen molar-refractivity contribution in [1.29, 1.82) is 0 Å². The van der Waals surface area contributed by atoms with Crippen LogP contribution >= 0.6 is 22.7 Å². The number of nitrogens with zero attached hydrogens (tertiary/aromatic N) is 6. The molecule has 4 rings (SSSR count). The number of aromatic nitrogens is 2. The number of carboxylic acid groups (broad SMARTS) is 2. The molecule has 2 aliphatic heterocycles. The zero-order valence-electron chi connectivity index (χ0n) is 34.2. The molecule has 30 nitrogen and oxygen atoms in total. The number of aliphatic carboxylic acids is 2. The molecule has 0 bridgehead atoms. The van der Waals surface area contributed by atoms with E-state index in [4.69, 9.17) is 31.4 Å². The third-order valence-corrected chi connectivity index (χ3v) is 10.9. The number of oxime groups is 2. The van der Waals surface area contributed by atoms with Gasteiger partial charge in [-0.25, -0.2) is 54.6 Å². The monoisotopic (exact) mass is 1000 g/mol. The summed E-state index contributed by atoms with van der Waals surface area (Å²) in [6, 6.07) is -7.45. The second-order valence-electron chi connectivity index (χ2n) is 12.9. The first kappa shape index (κ1) is 57.4. The Bertz CT molecular complexity index is 2310. The first-order valence-electron chi connectivity index (χ1n) is 16.2. The number of anilines is 2. The maximum absolute atomic E-state index is 12.7. The van der Waals surface area contributed by atoms with E-state index >= 15 is 0 Å². The molecule has 2 aromatic rings. The van der Waals surface area contributed by atoms with E-state index in [0.29, 0.717) is 0 Å². The second kappa shape index (κ2) is 22.0. The summed E-state index contributed by atoms with van der Waals surface area (Å²) in [6.07, 6.45) is 0. The van der Waals surface area contributed by atoms with Gasteiger partial charge in [0.05, 0.1) is 14.2 Å². The van der Waals surface area contributed by atoms with E-state index in [0.717, 1.165) is 64.6 Å². The number of esters is 2. The van der Waals surface area contributed by atoms with Crippen LogP contribution in [0.3, 0.4) is 0 Å². The first-order chi connectivity index (χ1) is 28.4. The van der Waals surface area contributed by atoms with Crippen molar-refractivity contribution < 1.29 is 153 Å². The van der Waals surface area contributed by atoms with Gasteiger partial charge < -0.3 is 60.6 Å². The molecule has 0 saturated carbocycles. The van der Waals surface area contributed by atoms with Gasteiger partial charge in [-0.1, -0.05) is 10.3 Å². The summed E-state index contributed by atoms with van der Waals surface area (Å²) in [7, 11) is -8.96. The zero-order chi connectivity index (χ0) is 47.4. The van der Waals surface area contributed by atoms with E-state index in [2.05, 4.69) is 29.8 Å². The predicted octanol–water partition coefficient (Wildman–Crippen LogP) is -10.7. The number of β-lactam (4-membered cyclic amide) rings is 2. The number of carboxylic acids is 2. The van der Waals surface area contributed by atoms with Crippen LogP contribution < -0.4 is 81.2 Å². The van der Waals surface area contributed by atoms with Gasteiger partial charge in [0.2, 0.25) is 11.2 Å². The fourth-order valence-corrected chi connectivity index (χ4v) is 7.16. The van der Waals surface area contributed by atoms with Gasteiger partial charge >= 0.3 is 83.0 Å². The minimum Gasteiger partial charge on any atom is -0.731 e. The number of hydrogen-bond donors (Lipinski definition) is 6.